The molecule has 0 radical (unpaired) electrons. The Labute approximate surface area is 126 Å². The molecular formula is C17H23NO3. The molecule has 1 saturated heterocycles. The van der Waals surface area contributed by atoms with Crippen LogP contribution in [0.3, 0.4) is 0 Å². The number of benzene rings is 1. The number of piperidine rings is 1. The predicted octanol–water partition coefficient (Wildman–Crippen LogP) is 1.24. The number of nitrogens with zero attached hydrogens (tertiary/aromatic N) is 1. The summed E-state index contributed by atoms with van der Waals surface area (Å²) in [5.74, 6) is 6.77. The molecule has 0 spiro atoms. The van der Waals surface area contributed by atoms with Crippen LogP contribution in [0.1, 0.15) is 24.5 Å². The van der Waals surface area contributed by atoms with E-state index in [0.717, 1.165) is 36.4 Å². The molecule has 4 heteroatoms. The molecule has 114 valence electrons. The second-order valence-corrected chi connectivity index (χ2v) is 5.55. The summed E-state index contributed by atoms with van der Waals surface area (Å²) in [7, 11) is 1.66. The van der Waals surface area contributed by atoms with Gasteiger partial charge in [0.05, 0.1) is 13.2 Å². The molecule has 1 aromatic rings. The Hall–Kier alpha value is -1.54. The van der Waals surface area contributed by atoms with Crippen molar-refractivity contribution in [2.75, 3.05) is 26.8 Å². The van der Waals surface area contributed by atoms with Crippen LogP contribution < -0.4 is 4.74 Å². The van der Waals surface area contributed by atoms with E-state index in [0.29, 0.717) is 12.5 Å². The third-order valence-electron chi connectivity index (χ3n) is 3.99. The summed E-state index contributed by atoms with van der Waals surface area (Å²) >= 11 is 0. The number of aliphatic hydroxyl groups is 2. The van der Waals surface area contributed by atoms with Gasteiger partial charge in [0.15, 0.2) is 0 Å². The number of aliphatic hydroxyl groups excluding tert-OH is 2. The quantitative estimate of drug-likeness (QED) is 0.822. The highest BCUT2D eigenvalue weighted by Crippen LogP contribution is 2.24. The van der Waals surface area contributed by atoms with Gasteiger partial charge in [-0.1, -0.05) is 18.8 Å². The van der Waals surface area contributed by atoms with E-state index in [1.807, 2.05) is 18.2 Å². The van der Waals surface area contributed by atoms with Crippen molar-refractivity contribution in [2.24, 2.45) is 5.92 Å². The predicted molar refractivity (Wildman–Crippen MR) is 82.0 cm³/mol. The number of β-amino-alcohol motifs (C(OH)–C–C–N with tert-alkyl or cyclic N) is 1. The summed E-state index contributed by atoms with van der Waals surface area (Å²) in [6.07, 6.45) is 0.745. The van der Waals surface area contributed by atoms with Crippen molar-refractivity contribution >= 4 is 0 Å². The van der Waals surface area contributed by atoms with Gasteiger partial charge >= 0.3 is 0 Å². The van der Waals surface area contributed by atoms with Gasteiger partial charge in [-0.15, -0.1) is 0 Å². The van der Waals surface area contributed by atoms with Crippen molar-refractivity contribution in [2.45, 2.75) is 26.0 Å². The molecule has 2 N–H and O–H groups in total. The highest BCUT2D eigenvalue weighted by Gasteiger charge is 2.24. The second kappa shape index (κ2) is 7.46. The van der Waals surface area contributed by atoms with Crippen LogP contribution in [0.5, 0.6) is 5.75 Å². The lowest BCUT2D eigenvalue weighted by Gasteiger charge is -2.34. The number of hydrogen-bond acceptors (Lipinski definition) is 4. The third kappa shape index (κ3) is 4.21. The molecule has 2 atom stereocenters. The summed E-state index contributed by atoms with van der Waals surface area (Å²) in [6.45, 7) is 4.36. The average Bonchev–Trinajstić information content (AvgIpc) is 2.49. The van der Waals surface area contributed by atoms with Gasteiger partial charge in [0.2, 0.25) is 0 Å². The Bertz CT molecular complexity index is 533. The Balaban J connectivity index is 2.13. The molecule has 21 heavy (non-hydrogen) atoms. The van der Waals surface area contributed by atoms with Crippen LogP contribution in [-0.4, -0.2) is 48.0 Å². The molecule has 0 bridgehead atoms. The second-order valence-electron chi connectivity index (χ2n) is 5.55. The first-order chi connectivity index (χ1) is 10.1. The number of hydrogen-bond donors (Lipinski definition) is 2. The Morgan fingerprint density at radius 3 is 2.90 bits per heavy atom. The molecule has 1 fully saturated rings. The molecular weight excluding hydrogens is 266 g/mol. The van der Waals surface area contributed by atoms with Crippen molar-refractivity contribution < 1.29 is 14.9 Å². The van der Waals surface area contributed by atoms with E-state index in [2.05, 4.69) is 23.7 Å². The standard InChI is InChI=1S/C17H23NO3/c1-13-7-8-18(12-16(13)20)11-15-10-14(4-3-9-19)5-6-17(15)21-2/h5-6,10,13,16,19-20H,7-9,11-12H2,1-2H3. The highest BCUT2D eigenvalue weighted by molar-refractivity contribution is 5.44. The lowest BCUT2D eigenvalue weighted by atomic mass is 9.95. The minimum Gasteiger partial charge on any atom is -0.496 e. The number of methoxy groups -OCH3 is 1. The molecule has 1 aromatic carbocycles. The van der Waals surface area contributed by atoms with Gasteiger partial charge in [-0.25, -0.2) is 0 Å². The topological polar surface area (TPSA) is 52.9 Å². The maximum atomic E-state index is 10.0. The summed E-state index contributed by atoms with van der Waals surface area (Å²) in [5.41, 5.74) is 1.93. The van der Waals surface area contributed by atoms with Crippen LogP contribution in [0, 0.1) is 17.8 Å². The molecule has 4 nitrogen and oxygen atoms in total. The van der Waals surface area contributed by atoms with Gasteiger partial charge in [-0.2, -0.15) is 0 Å². The molecule has 2 unspecified atom stereocenters. The fourth-order valence-electron chi connectivity index (χ4n) is 2.62. The Morgan fingerprint density at radius 2 is 2.24 bits per heavy atom. The van der Waals surface area contributed by atoms with Gasteiger partial charge in [0.1, 0.15) is 12.4 Å². The number of likely N-dealkylation sites (tertiary alicyclic amines) is 1. The van der Waals surface area contributed by atoms with Crippen molar-refractivity contribution in [1.29, 1.82) is 0 Å². The maximum absolute atomic E-state index is 10.0. The molecule has 2 rings (SSSR count). The van der Waals surface area contributed by atoms with Crippen LogP contribution >= 0.6 is 0 Å². The molecule has 0 amide bonds. The minimum absolute atomic E-state index is 0.141. The zero-order chi connectivity index (χ0) is 15.2. The highest BCUT2D eigenvalue weighted by atomic mass is 16.5. The maximum Gasteiger partial charge on any atom is 0.123 e. The van der Waals surface area contributed by atoms with E-state index in [-0.39, 0.29) is 12.7 Å². The van der Waals surface area contributed by atoms with E-state index in [1.165, 1.54) is 0 Å². The lowest BCUT2D eigenvalue weighted by molar-refractivity contribution is 0.0256. The van der Waals surface area contributed by atoms with Gasteiger partial charge in [0, 0.05) is 24.2 Å². The van der Waals surface area contributed by atoms with Crippen LogP contribution in [-0.2, 0) is 6.54 Å². The van der Waals surface area contributed by atoms with Gasteiger partial charge in [-0.05, 0) is 37.1 Å². The fourth-order valence-corrected chi connectivity index (χ4v) is 2.62. The third-order valence-corrected chi connectivity index (χ3v) is 3.99. The van der Waals surface area contributed by atoms with Gasteiger partial charge < -0.3 is 14.9 Å². The molecule has 0 aromatic heterocycles. The number of ether oxygens (including phenoxy) is 1. The SMILES string of the molecule is COc1ccc(C#CCO)cc1CN1CCC(C)C(O)C1. The van der Waals surface area contributed by atoms with E-state index in [9.17, 15) is 5.11 Å². The smallest absolute Gasteiger partial charge is 0.123 e. The van der Waals surface area contributed by atoms with Crippen molar-refractivity contribution in [3.8, 4) is 17.6 Å². The molecule has 1 aliphatic rings. The van der Waals surface area contributed by atoms with Crippen molar-refractivity contribution in [1.82, 2.24) is 4.90 Å². The van der Waals surface area contributed by atoms with Gasteiger partial charge in [0.25, 0.3) is 0 Å². The average molecular weight is 289 g/mol. The Morgan fingerprint density at radius 1 is 1.43 bits per heavy atom. The minimum atomic E-state index is -0.262. The van der Waals surface area contributed by atoms with Crippen LogP contribution in [0.2, 0.25) is 0 Å². The largest absolute Gasteiger partial charge is 0.496 e. The normalized spacial score (nSPS) is 22.5. The molecule has 1 aliphatic heterocycles. The zero-order valence-electron chi connectivity index (χ0n) is 12.7. The summed E-state index contributed by atoms with van der Waals surface area (Å²) in [6, 6.07) is 5.78. The van der Waals surface area contributed by atoms with Gasteiger partial charge in [-0.3, -0.25) is 4.90 Å². The van der Waals surface area contributed by atoms with Crippen LogP contribution in [0.25, 0.3) is 0 Å². The van der Waals surface area contributed by atoms with E-state index in [4.69, 9.17) is 9.84 Å². The van der Waals surface area contributed by atoms with Crippen molar-refractivity contribution in [3.05, 3.63) is 29.3 Å². The first kappa shape index (κ1) is 15.8. The van der Waals surface area contributed by atoms with Crippen LogP contribution in [0.15, 0.2) is 18.2 Å². The van der Waals surface area contributed by atoms with E-state index in [1.54, 1.807) is 7.11 Å². The summed E-state index contributed by atoms with van der Waals surface area (Å²) in [5, 5.41) is 18.8. The summed E-state index contributed by atoms with van der Waals surface area (Å²) in [4.78, 5) is 2.24. The monoisotopic (exact) mass is 289 g/mol. The summed E-state index contributed by atoms with van der Waals surface area (Å²) < 4.78 is 5.41. The first-order valence-electron chi connectivity index (χ1n) is 7.31. The number of rotatable bonds is 3. The van der Waals surface area contributed by atoms with E-state index < -0.39 is 0 Å². The molecule has 1 heterocycles. The Kier molecular flexibility index (Phi) is 5.63. The molecule has 0 saturated carbocycles. The molecule has 0 aliphatic carbocycles. The lowest BCUT2D eigenvalue weighted by Crippen LogP contribution is -2.42. The van der Waals surface area contributed by atoms with E-state index >= 15 is 0 Å². The fraction of sp³-hybridized carbons (Fsp3) is 0.529. The zero-order valence-corrected chi connectivity index (χ0v) is 12.7. The van der Waals surface area contributed by atoms with Crippen molar-refractivity contribution in [3.63, 3.8) is 0 Å². The first-order valence-corrected chi connectivity index (χ1v) is 7.31. The van der Waals surface area contributed by atoms with Crippen LogP contribution in [0.4, 0.5) is 0 Å².